The highest BCUT2D eigenvalue weighted by Gasteiger charge is 2.45. The Morgan fingerprint density at radius 2 is 2.27 bits per heavy atom. The first-order valence-corrected chi connectivity index (χ1v) is 4.76. The minimum Gasteiger partial charge on any atom is -0.360 e. The number of ether oxygens (including phenoxy) is 1. The lowest BCUT2D eigenvalue weighted by molar-refractivity contribution is -0.235. The summed E-state index contributed by atoms with van der Waals surface area (Å²) in [6.45, 7) is 5.60. The normalized spacial score (nSPS) is 39.0. The van der Waals surface area contributed by atoms with E-state index in [9.17, 15) is 0 Å². The zero-order valence-electron chi connectivity index (χ0n) is 7.31. The Bertz CT molecular complexity index is 138. The minimum atomic E-state index is 0.201. The van der Waals surface area contributed by atoms with E-state index in [1.54, 1.807) is 0 Å². The summed E-state index contributed by atoms with van der Waals surface area (Å²) in [4.78, 5) is 2.46. The molecule has 1 unspecified atom stereocenters. The topological polar surface area (TPSA) is 12.5 Å². The fourth-order valence-electron chi connectivity index (χ4n) is 2.25. The molecule has 0 saturated carbocycles. The van der Waals surface area contributed by atoms with Crippen LogP contribution in [0.2, 0.25) is 0 Å². The summed E-state index contributed by atoms with van der Waals surface area (Å²) in [6, 6.07) is 0. The van der Waals surface area contributed by atoms with Gasteiger partial charge in [0.25, 0.3) is 0 Å². The molecule has 64 valence electrons. The molecule has 0 aliphatic carbocycles. The van der Waals surface area contributed by atoms with E-state index in [0.717, 1.165) is 13.2 Å². The van der Waals surface area contributed by atoms with Crippen molar-refractivity contribution in [1.29, 1.82) is 0 Å². The average Bonchev–Trinajstić information content (AvgIpc) is 2.05. The van der Waals surface area contributed by atoms with E-state index >= 15 is 0 Å². The van der Waals surface area contributed by atoms with Crippen molar-refractivity contribution in [2.45, 2.75) is 38.3 Å². The molecule has 0 aromatic rings. The van der Waals surface area contributed by atoms with Gasteiger partial charge < -0.3 is 4.74 Å². The molecule has 2 heterocycles. The minimum absolute atomic E-state index is 0.201. The van der Waals surface area contributed by atoms with Crippen molar-refractivity contribution in [3.63, 3.8) is 0 Å². The zero-order valence-corrected chi connectivity index (χ0v) is 7.31. The lowest BCUT2D eigenvalue weighted by Crippen LogP contribution is -2.62. The zero-order chi connectivity index (χ0) is 7.73. The van der Waals surface area contributed by atoms with Crippen LogP contribution in [-0.4, -0.2) is 30.3 Å². The molecule has 2 saturated heterocycles. The molecule has 2 nitrogen and oxygen atoms in total. The molecular formula is C9H17NO. The van der Waals surface area contributed by atoms with E-state index in [1.807, 2.05) is 0 Å². The third-order valence-corrected chi connectivity index (χ3v) is 3.06. The summed E-state index contributed by atoms with van der Waals surface area (Å²) >= 11 is 0. The van der Waals surface area contributed by atoms with Crippen LogP contribution in [0.15, 0.2) is 0 Å². The second kappa shape index (κ2) is 2.76. The molecule has 2 rings (SSSR count). The number of nitrogens with zero attached hydrogens (tertiary/aromatic N) is 1. The van der Waals surface area contributed by atoms with Crippen LogP contribution in [0.3, 0.4) is 0 Å². The van der Waals surface area contributed by atoms with Gasteiger partial charge in [0.2, 0.25) is 0 Å². The summed E-state index contributed by atoms with van der Waals surface area (Å²) in [5.74, 6) is 0. The first kappa shape index (κ1) is 7.56. The van der Waals surface area contributed by atoms with Crippen molar-refractivity contribution in [1.82, 2.24) is 4.90 Å². The molecular weight excluding hydrogens is 138 g/mol. The molecule has 2 aliphatic rings. The Hall–Kier alpha value is -0.0800. The largest absolute Gasteiger partial charge is 0.360 e. The van der Waals surface area contributed by atoms with Crippen LogP contribution in [0.4, 0.5) is 0 Å². The van der Waals surface area contributed by atoms with Gasteiger partial charge in [-0.3, -0.25) is 4.90 Å². The van der Waals surface area contributed by atoms with Crippen molar-refractivity contribution >= 4 is 0 Å². The highest BCUT2D eigenvalue weighted by atomic mass is 16.5. The molecule has 0 aromatic heterocycles. The monoisotopic (exact) mass is 155 g/mol. The van der Waals surface area contributed by atoms with Crippen molar-refractivity contribution in [3.8, 4) is 0 Å². The van der Waals surface area contributed by atoms with Gasteiger partial charge in [-0.05, 0) is 25.8 Å². The molecule has 1 atom stereocenters. The summed E-state index contributed by atoms with van der Waals surface area (Å²) < 4.78 is 5.83. The van der Waals surface area contributed by atoms with Gasteiger partial charge in [-0.15, -0.1) is 0 Å². The molecule has 0 aromatic carbocycles. The predicted molar refractivity (Wildman–Crippen MR) is 44.4 cm³/mol. The van der Waals surface area contributed by atoms with Gasteiger partial charge in [0, 0.05) is 19.6 Å². The lowest BCUT2D eigenvalue weighted by atomic mass is 9.90. The molecule has 0 bridgehead atoms. The Morgan fingerprint density at radius 3 is 2.73 bits per heavy atom. The van der Waals surface area contributed by atoms with Crippen LogP contribution >= 0.6 is 0 Å². The molecule has 0 amide bonds. The second-order valence-corrected chi connectivity index (χ2v) is 3.58. The lowest BCUT2D eigenvalue weighted by Gasteiger charge is -2.53. The van der Waals surface area contributed by atoms with E-state index < -0.39 is 0 Å². The maximum absolute atomic E-state index is 5.83. The van der Waals surface area contributed by atoms with Crippen LogP contribution in [0.25, 0.3) is 0 Å². The summed E-state index contributed by atoms with van der Waals surface area (Å²) in [5, 5.41) is 0. The summed E-state index contributed by atoms with van der Waals surface area (Å²) in [5.41, 5.74) is 0.201. The smallest absolute Gasteiger partial charge is 0.122 e. The standard InChI is InChI=1S/C9H17NO/c1-2-10-7-6-9(10)5-3-4-8-11-9/h2-8H2,1H3. The molecule has 2 aliphatic heterocycles. The molecule has 0 radical (unpaired) electrons. The van der Waals surface area contributed by atoms with Crippen LogP contribution in [0, 0.1) is 0 Å². The average molecular weight is 155 g/mol. The highest BCUT2D eigenvalue weighted by Crippen LogP contribution is 2.38. The number of hydrogen-bond donors (Lipinski definition) is 0. The number of hydrogen-bond acceptors (Lipinski definition) is 2. The van der Waals surface area contributed by atoms with Crippen molar-refractivity contribution in [2.24, 2.45) is 0 Å². The van der Waals surface area contributed by atoms with Gasteiger partial charge in [-0.2, -0.15) is 0 Å². The molecule has 0 N–H and O–H groups in total. The maximum atomic E-state index is 5.83. The predicted octanol–water partition coefficient (Wildman–Crippen LogP) is 1.61. The van der Waals surface area contributed by atoms with E-state index in [1.165, 1.54) is 32.2 Å². The van der Waals surface area contributed by atoms with E-state index in [4.69, 9.17) is 4.74 Å². The van der Waals surface area contributed by atoms with Crippen LogP contribution in [0.1, 0.15) is 32.6 Å². The van der Waals surface area contributed by atoms with Crippen molar-refractivity contribution in [3.05, 3.63) is 0 Å². The van der Waals surface area contributed by atoms with Gasteiger partial charge in [0.1, 0.15) is 5.72 Å². The summed E-state index contributed by atoms with van der Waals surface area (Å²) in [7, 11) is 0. The Labute approximate surface area is 68.5 Å². The van der Waals surface area contributed by atoms with Crippen LogP contribution < -0.4 is 0 Å². The van der Waals surface area contributed by atoms with E-state index in [-0.39, 0.29) is 5.72 Å². The highest BCUT2D eigenvalue weighted by molar-refractivity contribution is 4.92. The maximum Gasteiger partial charge on any atom is 0.122 e. The Balaban J connectivity index is 1.97. The van der Waals surface area contributed by atoms with Crippen molar-refractivity contribution in [2.75, 3.05) is 19.7 Å². The van der Waals surface area contributed by atoms with Gasteiger partial charge in [0.05, 0.1) is 0 Å². The fourth-order valence-corrected chi connectivity index (χ4v) is 2.25. The summed E-state index contributed by atoms with van der Waals surface area (Å²) in [6.07, 6.45) is 5.15. The van der Waals surface area contributed by atoms with E-state index in [2.05, 4.69) is 11.8 Å². The third-order valence-electron chi connectivity index (χ3n) is 3.06. The first-order chi connectivity index (χ1) is 5.37. The quantitative estimate of drug-likeness (QED) is 0.570. The molecule has 2 heteroatoms. The number of rotatable bonds is 1. The second-order valence-electron chi connectivity index (χ2n) is 3.58. The SMILES string of the molecule is CCN1CCC12CCCCO2. The van der Waals surface area contributed by atoms with Gasteiger partial charge in [-0.1, -0.05) is 6.92 Å². The van der Waals surface area contributed by atoms with Gasteiger partial charge in [-0.25, -0.2) is 0 Å². The van der Waals surface area contributed by atoms with Crippen LogP contribution in [-0.2, 0) is 4.74 Å². The molecule has 1 spiro atoms. The van der Waals surface area contributed by atoms with Crippen LogP contribution in [0.5, 0.6) is 0 Å². The number of likely N-dealkylation sites (tertiary alicyclic amines) is 1. The van der Waals surface area contributed by atoms with Crippen molar-refractivity contribution < 1.29 is 4.74 Å². The Morgan fingerprint density at radius 1 is 1.36 bits per heavy atom. The Kier molecular flexibility index (Phi) is 1.90. The fraction of sp³-hybridized carbons (Fsp3) is 1.00. The van der Waals surface area contributed by atoms with E-state index in [0.29, 0.717) is 0 Å². The van der Waals surface area contributed by atoms with Gasteiger partial charge >= 0.3 is 0 Å². The third kappa shape index (κ3) is 1.09. The first-order valence-electron chi connectivity index (χ1n) is 4.76. The van der Waals surface area contributed by atoms with Gasteiger partial charge in [0.15, 0.2) is 0 Å². The molecule has 2 fully saturated rings. The molecule has 11 heavy (non-hydrogen) atoms.